The SMILES string of the molecule is C[C@@H]1Cc2c([nH]c3ccccc23)[C@@H](c2ncc(OC3CN(CCCF)C3)s2)N1CC(C)(C)F. The Bertz CT molecular complexity index is 1100. The lowest BCUT2D eigenvalue weighted by atomic mass is 9.91. The molecule has 2 aromatic heterocycles. The van der Waals surface area contributed by atoms with Crippen LogP contribution in [0.1, 0.15) is 49.5 Å². The summed E-state index contributed by atoms with van der Waals surface area (Å²) < 4.78 is 33.4. The molecule has 1 saturated heterocycles. The number of thiazole rings is 1. The summed E-state index contributed by atoms with van der Waals surface area (Å²) in [5, 5.41) is 2.94. The van der Waals surface area contributed by atoms with Gasteiger partial charge in [0.1, 0.15) is 22.8 Å². The molecule has 2 aliphatic heterocycles. The van der Waals surface area contributed by atoms with Crippen molar-refractivity contribution in [3.05, 3.63) is 46.7 Å². The van der Waals surface area contributed by atoms with E-state index < -0.39 is 5.67 Å². The van der Waals surface area contributed by atoms with Crippen LogP contribution in [-0.4, -0.2) is 70.4 Å². The first-order valence-corrected chi connectivity index (χ1v) is 12.6. The van der Waals surface area contributed by atoms with Crippen LogP contribution in [0.15, 0.2) is 30.5 Å². The minimum Gasteiger partial charge on any atom is -0.477 e. The summed E-state index contributed by atoms with van der Waals surface area (Å²) in [5.74, 6) is 0. The Balaban J connectivity index is 1.42. The number of hydrogen-bond donors (Lipinski definition) is 1. The molecule has 8 heteroatoms. The van der Waals surface area contributed by atoms with Gasteiger partial charge in [0.05, 0.1) is 12.9 Å². The number of rotatable bonds is 8. The van der Waals surface area contributed by atoms with Crippen molar-refractivity contribution in [1.82, 2.24) is 19.8 Å². The average Bonchev–Trinajstić information content (AvgIpc) is 3.34. The Morgan fingerprint density at radius 2 is 2.06 bits per heavy atom. The molecule has 5 rings (SSSR count). The van der Waals surface area contributed by atoms with Crippen LogP contribution >= 0.6 is 11.3 Å². The summed E-state index contributed by atoms with van der Waals surface area (Å²) in [4.78, 5) is 12.8. The summed E-state index contributed by atoms with van der Waals surface area (Å²) in [6, 6.07) is 8.40. The normalized spacial score (nSPS) is 22.5. The van der Waals surface area contributed by atoms with Crippen LogP contribution in [0.2, 0.25) is 0 Å². The fourth-order valence-corrected chi connectivity index (χ4v) is 6.10. The second-order valence-corrected chi connectivity index (χ2v) is 11.0. The monoisotopic (exact) mass is 474 g/mol. The molecular formula is C25H32F2N4OS. The maximum Gasteiger partial charge on any atom is 0.194 e. The minimum atomic E-state index is -1.32. The van der Waals surface area contributed by atoms with Crippen LogP contribution in [0.25, 0.3) is 10.9 Å². The van der Waals surface area contributed by atoms with Crippen molar-refractivity contribution in [2.45, 2.75) is 57.5 Å². The first-order valence-electron chi connectivity index (χ1n) is 11.8. The van der Waals surface area contributed by atoms with Crippen molar-refractivity contribution in [3.63, 3.8) is 0 Å². The van der Waals surface area contributed by atoms with Crippen LogP contribution in [0.5, 0.6) is 5.06 Å². The predicted octanol–water partition coefficient (Wildman–Crippen LogP) is 5.13. The Morgan fingerprint density at radius 1 is 1.27 bits per heavy atom. The van der Waals surface area contributed by atoms with Gasteiger partial charge < -0.3 is 9.72 Å². The minimum absolute atomic E-state index is 0.118. The molecule has 1 N–H and O–H groups in total. The van der Waals surface area contributed by atoms with E-state index in [1.165, 1.54) is 10.9 Å². The maximum absolute atomic E-state index is 14.9. The van der Waals surface area contributed by atoms with E-state index in [4.69, 9.17) is 9.72 Å². The van der Waals surface area contributed by atoms with E-state index in [2.05, 4.69) is 39.9 Å². The zero-order valence-corrected chi connectivity index (χ0v) is 20.3. The van der Waals surface area contributed by atoms with Crippen LogP contribution in [-0.2, 0) is 6.42 Å². The smallest absolute Gasteiger partial charge is 0.194 e. The van der Waals surface area contributed by atoms with Gasteiger partial charge in [-0.3, -0.25) is 14.2 Å². The molecule has 0 amide bonds. The highest BCUT2D eigenvalue weighted by Gasteiger charge is 2.40. The van der Waals surface area contributed by atoms with Crippen molar-refractivity contribution in [2.24, 2.45) is 0 Å². The number of fused-ring (bicyclic) bond motifs is 3. The first kappa shape index (κ1) is 22.7. The maximum atomic E-state index is 14.9. The number of aromatic amines is 1. The Morgan fingerprint density at radius 3 is 2.82 bits per heavy atom. The second kappa shape index (κ2) is 8.96. The quantitative estimate of drug-likeness (QED) is 0.492. The zero-order chi connectivity index (χ0) is 23.2. The van der Waals surface area contributed by atoms with E-state index in [0.29, 0.717) is 13.0 Å². The number of halogens is 2. The highest BCUT2D eigenvalue weighted by atomic mass is 32.1. The van der Waals surface area contributed by atoms with E-state index in [-0.39, 0.29) is 24.9 Å². The van der Waals surface area contributed by atoms with E-state index >= 15 is 0 Å². The standard InChI is InChI=1S/C25H32F2N4OS/c1-16-11-19-18-7-4-5-8-20(18)29-22(19)23(31(16)15-25(2,3)27)24-28-12-21(33-24)32-17-13-30(14-17)10-6-9-26/h4-5,7-8,12,16-17,23,29H,6,9-11,13-15H2,1-3H3/t16-,23+/m1/s1. The Kier molecular flexibility index (Phi) is 6.18. The molecule has 1 fully saturated rings. The molecule has 3 aromatic rings. The van der Waals surface area contributed by atoms with Crippen LogP contribution in [0.3, 0.4) is 0 Å². The third-order valence-electron chi connectivity index (χ3n) is 6.63. The molecule has 0 saturated carbocycles. The predicted molar refractivity (Wildman–Crippen MR) is 129 cm³/mol. The van der Waals surface area contributed by atoms with Crippen molar-refractivity contribution in [3.8, 4) is 5.06 Å². The number of alkyl halides is 2. The van der Waals surface area contributed by atoms with Gasteiger partial charge in [-0.1, -0.05) is 29.5 Å². The van der Waals surface area contributed by atoms with Gasteiger partial charge in [0.2, 0.25) is 0 Å². The highest BCUT2D eigenvalue weighted by molar-refractivity contribution is 7.13. The van der Waals surface area contributed by atoms with Gasteiger partial charge in [-0.25, -0.2) is 9.37 Å². The van der Waals surface area contributed by atoms with Crippen molar-refractivity contribution < 1.29 is 13.5 Å². The fourth-order valence-electron chi connectivity index (χ4n) is 5.13. The Hall–Kier alpha value is -2.03. The summed E-state index contributed by atoms with van der Waals surface area (Å²) >= 11 is 1.55. The molecule has 2 atom stereocenters. The number of likely N-dealkylation sites (tertiary alicyclic amines) is 1. The number of benzene rings is 1. The molecule has 33 heavy (non-hydrogen) atoms. The van der Waals surface area contributed by atoms with Gasteiger partial charge in [0.15, 0.2) is 5.06 Å². The van der Waals surface area contributed by atoms with Crippen molar-refractivity contribution in [1.29, 1.82) is 0 Å². The van der Waals surface area contributed by atoms with Gasteiger partial charge in [0, 0.05) is 48.8 Å². The molecule has 5 nitrogen and oxygen atoms in total. The molecule has 0 unspecified atom stereocenters. The van der Waals surface area contributed by atoms with Gasteiger partial charge >= 0.3 is 0 Å². The second-order valence-electron chi connectivity index (χ2n) is 9.97. The van der Waals surface area contributed by atoms with Gasteiger partial charge in [0.25, 0.3) is 0 Å². The number of aromatic nitrogens is 2. The summed E-state index contributed by atoms with van der Waals surface area (Å²) in [5.41, 5.74) is 2.20. The van der Waals surface area contributed by atoms with Crippen molar-refractivity contribution >= 4 is 22.2 Å². The molecule has 178 valence electrons. The van der Waals surface area contributed by atoms with E-state index in [0.717, 1.165) is 47.3 Å². The number of hydrogen-bond acceptors (Lipinski definition) is 5. The largest absolute Gasteiger partial charge is 0.477 e. The van der Waals surface area contributed by atoms with Crippen LogP contribution in [0, 0.1) is 0 Å². The van der Waals surface area contributed by atoms with E-state index in [1.54, 1.807) is 31.4 Å². The number of nitrogens with zero attached hydrogens (tertiary/aromatic N) is 3. The average molecular weight is 475 g/mol. The van der Waals surface area contributed by atoms with Gasteiger partial charge in [-0.05, 0) is 45.2 Å². The molecule has 0 bridgehead atoms. The lowest BCUT2D eigenvalue weighted by molar-refractivity contribution is 0.0207. The number of para-hydroxylation sites is 1. The van der Waals surface area contributed by atoms with Crippen LogP contribution < -0.4 is 4.74 Å². The molecular weight excluding hydrogens is 442 g/mol. The molecule has 1 aromatic carbocycles. The molecule has 0 radical (unpaired) electrons. The highest BCUT2D eigenvalue weighted by Crippen LogP contribution is 2.43. The molecule has 2 aliphatic rings. The summed E-state index contributed by atoms with van der Waals surface area (Å²) in [7, 11) is 0. The number of nitrogens with one attached hydrogen (secondary N) is 1. The Labute approximate surface area is 197 Å². The zero-order valence-electron chi connectivity index (χ0n) is 19.5. The molecule has 4 heterocycles. The molecule has 0 aliphatic carbocycles. The van der Waals surface area contributed by atoms with E-state index in [1.807, 2.05) is 6.07 Å². The topological polar surface area (TPSA) is 44.4 Å². The third-order valence-corrected chi connectivity index (χ3v) is 7.57. The lowest BCUT2D eigenvalue weighted by Crippen LogP contribution is -2.53. The van der Waals surface area contributed by atoms with Gasteiger partial charge in [-0.15, -0.1) is 0 Å². The number of H-pyrrole nitrogens is 1. The third kappa shape index (κ3) is 4.66. The summed E-state index contributed by atoms with van der Waals surface area (Å²) in [6.45, 7) is 7.93. The van der Waals surface area contributed by atoms with E-state index in [9.17, 15) is 8.78 Å². The van der Waals surface area contributed by atoms with Gasteiger partial charge in [-0.2, -0.15) is 0 Å². The lowest BCUT2D eigenvalue weighted by Gasteiger charge is -2.41. The van der Waals surface area contributed by atoms with Crippen molar-refractivity contribution in [2.75, 3.05) is 32.9 Å². The fraction of sp³-hybridized carbons (Fsp3) is 0.560. The summed E-state index contributed by atoms with van der Waals surface area (Å²) in [6.07, 6.45) is 3.36. The molecule has 0 spiro atoms. The van der Waals surface area contributed by atoms with Crippen LogP contribution in [0.4, 0.5) is 8.78 Å². The number of ether oxygens (including phenoxy) is 1. The first-order chi connectivity index (χ1) is 15.8.